The molecule has 1 saturated heterocycles. The summed E-state index contributed by atoms with van der Waals surface area (Å²) in [4.78, 5) is 40.4. The van der Waals surface area contributed by atoms with Gasteiger partial charge in [-0.3, -0.25) is 18.7 Å². The van der Waals surface area contributed by atoms with E-state index < -0.39 is 0 Å². The largest absolute Gasteiger partial charge is 0.341 e. The van der Waals surface area contributed by atoms with Crippen LogP contribution in [0.5, 0.6) is 0 Å². The maximum absolute atomic E-state index is 12.7. The second-order valence-electron chi connectivity index (χ2n) is 6.34. The predicted octanol–water partition coefficient (Wildman–Crippen LogP) is 0.904. The third-order valence-electron chi connectivity index (χ3n) is 4.83. The van der Waals surface area contributed by atoms with Crippen LogP contribution >= 0.6 is 0 Å². The van der Waals surface area contributed by atoms with Crippen LogP contribution in [0.25, 0.3) is 11.0 Å². The quantitative estimate of drug-likeness (QED) is 0.831. The summed E-state index contributed by atoms with van der Waals surface area (Å²) in [6, 6.07) is 7.54. The molecule has 7 heteroatoms. The maximum Gasteiger partial charge on any atom is 0.329 e. The minimum Gasteiger partial charge on any atom is -0.341 e. The van der Waals surface area contributed by atoms with Crippen molar-refractivity contribution in [3.63, 3.8) is 0 Å². The van der Waals surface area contributed by atoms with Gasteiger partial charge in [0.1, 0.15) is 6.54 Å². The molecule has 2 aromatic rings. The molecule has 2 amide bonds. The Labute approximate surface area is 146 Å². The lowest BCUT2D eigenvalue weighted by molar-refractivity contribution is -0.133. The van der Waals surface area contributed by atoms with Crippen LogP contribution in [0.4, 0.5) is 0 Å². The Kier molecular flexibility index (Phi) is 4.92. The summed E-state index contributed by atoms with van der Waals surface area (Å²) in [5, 5.41) is 0. The van der Waals surface area contributed by atoms with Crippen LogP contribution in [0, 0.1) is 0 Å². The number of carbonyl (C=O) groups is 2. The summed E-state index contributed by atoms with van der Waals surface area (Å²) in [6.07, 6.45) is 0.761. The van der Waals surface area contributed by atoms with E-state index in [2.05, 4.69) is 0 Å². The van der Waals surface area contributed by atoms with Gasteiger partial charge in [0.25, 0.3) is 0 Å². The van der Waals surface area contributed by atoms with Crippen molar-refractivity contribution < 1.29 is 9.59 Å². The average Bonchev–Trinajstić information content (AvgIpc) is 2.77. The monoisotopic (exact) mass is 344 g/mol. The third kappa shape index (κ3) is 3.31. The third-order valence-corrected chi connectivity index (χ3v) is 4.83. The van der Waals surface area contributed by atoms with Crippen molar-refractivity contribution in [2.45, 2.75) is 33.4 Å². The number of fused-ring (bicyclic) bond motifs is 1. The van der Waals surface area contributed by atoms with Crippen molar-refractivity contribution in [3.8, 4) is 0 Å². The Morgan fingerprint density at radius 3 is 2.20 bits per heavy atom. The highest BCUT2D eigenvalue weighted by Crippen LogP contribution is 2.13. The molecule has 2 heterocycles. The molecule has 7 nitrogen and oxygen atoms in total. The second-order valence-corrected chi connectivity index (χ2v) is 6.34. The lowest BCUT2D eigenvalue weighted by Crippen LogP contribution is -2.39. The van der Waals surface area contributed by atoms with E-state index in [9.17, 15) is 14.4 Å². The normalized spacial score (nSPS) is 15.4. The molecule has 1 aromatic heterocycles. The smallest absolute Gasteiger partial charge is 0.329 e. The van der Waals surface area contributed by atoms with E-state index >= 15 is 0 Å². The number of para-hydroxylation sites is 2. The molecule has 0 atom stereocenters. The fourth-order valence-corrected chi connectivity index (χ4v) is 3.45. The van der Waals surface area contributed by atoms with Gasteiger partial charge < -0.3 is 9.80 Å². The fraction of sp³-hybridized carbons (Fsp3) is 0.500. The lowest BCUT2D eigenvalue weighted by atomic mass is 10.3. The summed E-state index contributed by atoms with van der Waals surface area (Å²) in [7, 11) is 0. The summed E-state index contributed by atoms with van der Waals surface area (Å²) in [5.74, 6) is -0.0388. The number of aryl methyl sites for hydroxylation is 1. The first-order chi connectivity index (χ1) is 12.0. The average molecular weight is 344 g/mol. The predicted molar refractivity (Wildman–Crippen MR) is 95.3 cm³/mol. The number of rotatable bonds is 3. The van der Waals surface area contributed by atoms with Crippen LogP contribution < -0.4 is 5.69 Å². The molecule has 134 valence electrons. The van der Waals surface area contributed by atoms with Crippen molar-refractivity contribution >= 4 is 22.8 Å². The Morgan fingerprint density at radius 1 is 0.960 bits per heavy atom. The summed E-state index contributed by atoms with van der Waals surface area (Å²) < 4.78 is 3.23. The number of aromatic nitrogens is 2. The van der Waals surface area contributed by atoms with Crippen molar-refractivity contribution in [1.82, 2.24) is 18.9 Å². The lowest BCUT2D eigenvalue weighted by Gasteiger charge is -2.21. The van der Waals surface area contributed by atoms with Crippen molar-refractivity contribution in [2.75, 3.05) is 26.2 Å². The van der Waals surface area contributed by atoms with Gasteiger partial charge >= 0.3 is 5.69 Å². The minimum atomic E-state index is -0.155. The van der Waals surface area contributed by atoms with E-state index in [-0.39, 0.29) is 24.0 Å². The first kappa shape index (κ1) is 17.3. The van der Waals surface area contributed by atoms with E-state index in [0.29, 0.717) is 32.7 Å². The highest BCUT2D eigenvalue weighted by molar-refractivity contribution is 5.81. The SMILES string of the molecule is CCn1c(=O)n(CC(=O)N2CCCN(C(C)=O)CC2)c2ccccc21. The van der Waals surface area contributed by atoms with Gasteiger partial charge in [-0.1, -0.05) is 12.1 Å². The van der Waals surface area contributed by atoms with E-state index in [1.165, 1.54) is 0 Å². The molecule has 1 aliphatic rings. The molecule has 0 radical (unpaired) electrons. The summed E-state index contributed by atoms with van der Waals surface area (Å²) >= 11 is 0. The van der Waals surface area contributed by atoms with Gasteiger partial charge in [0.2, 0.25) is 11.8 Å². The number of amides is 2. The van der Waals surface area contributed by atoms with E-state index in [1.54, 1.807) is 25.9 Å². The van der Waals surface area contributed by atoms with Gasteiger partial charge in [0.15, 0.2) is 0 Å². The number of hydrogen-bond acceptors (Lipinski definition) is 3. The van der Waals surface area contributed by atoms with E-state index in [4.69, 9.17) is 0 Å². The Bertz CT molecular complexity index is 852. The summed E-state index contributed by atoms with van der Waals surface area (Å²) in [6.45, 7) is 6.43. The maximum atomic E-state index is 12.7. The molecule has 0 N–H and O–H groups in total. The van der Waals surface area contributed by atoms with Gasteiger partial charge in [-0.25, -0.2) is 4.79 Å². The Hall–Kier alpha value is -2.57. The molecule has 3 rings (SSSR count). The van der Waals surface area contributed by atoms with Crippen LogP contribution in [0.3, 0.4) is 0 Å². The minimum absolute atomic E-state index is 0.0341. The van der Waals surface area contributed by atoms with Crippen LogP contribution in [0.2, 0.25) is 0 Å². The van der Waals surface area contributed by atoms with Crippen LogP contribution in [-0.2, 0) is 22.7 Å². The zero-order valence-corrected chi connectivity index (χ0v) is 14.8. The number of imidazole rings is 1. The molecular weight excluding hydrogens is 320 g/mol. The van der Waals surface area contributed by atoms with Gasteiger partial charge in [-0.2, -0.15) is 0 Å². The molecular formula is C18H24N4O3. The first-order valence-electron chi connectivity index (χ1n) is 8.74. The molecule has 0 aliphatic carbocycles. The zero-order valence-electron chi connectivity index (χ0n) is 14.8. The second kappa shape index (κ2) is 7.13. The topological polar surface area (TPSA) is 67.6 Å². The first-order valence-corrected chi connectivity index (χ1v) is 8.74. The molecule has 0 saturated carbocycles. The van der Waals surface area contributed by atoms with Crippen molar-refractivity contribution in [2.24, 2.45) is 0 Å². The van der Waals surface area contributed by atoms with Gasteiger partial charge in [0, 0.05) is 39.6 Å². The molecule has 1 fully saturated rings. The van der Waals surface area contributed by atoms with Crippen molar-refractivity contribution in [1.29, 1.82) is 0 Å². The molecule has 0 bridgehead atoms. The molecule has 1 aromatic carbocycles. The number of hydrogen-bond donors (Lipinski definition) is 0. The highest BCUT2D eigenvalue weighted by atomic mass is 16.2. The van der Waals surface area contributed by atoms with Crippen LogP contribution in [0.1, 0.15) is 20.3 Å². The Morgan fingerprint density at radius 2 is 1.56 bits per heavy atom. The highest BCUT2D eigenvalue weighted by Gasteiger charge is 2.22. The van der Waals surface area contributed by atoms with Crippen LogP contribution in [0.15, 0.2) is 29.1 Å². The van der Waals surface area contributed by atoms with E-state index in [1.807, 2.05) is 31.2 Å². The molecule has 1 aliphatic heterocycles. The number of nitrogens with zero attached hydrogens (tertiary/aromatic N) is 4. The van der Waals surface area contributed by atoms with Gasteiger partial charge in [-0.05, 0) is 25.5 Å². The number of carbonyl (C=O) groups excluding carboxylic acids is 2. The van der Waals surface area contributed by atoms with Gasteiger partial charge in [0.05, 0.1) is 11.0 Å². The number of benzene rings is 1. The van der Waals surface area contributed by atoms with Crippen molar-refractivity contribution in [3.05, 3.63) is 34.7 Å². The van der Waals surface area contributed by atoms with Crippen LogP contribution in [-0.4, -0.2) is 56.9 Å². The zero-order chi connectivity index (χ0) is 18.0. The molecule has 0 unspecified atom stereocenters. The van der Waals surface area contributed by atoms with E-state index in [0.717, 1.165) is 17.5 Å². The Balaban J connectivity index is 1.82. The fourth-order valence-electron chi connectivity index (χ4n) is 3.45. The molecule has 25 heavy (non-hydrogen) atoms. The standard InChI is InChI=1S/C18H24N4O3/c1-3-21-15-7-4-5-8-16(15)22(18(21)25)13-17(24)20-10-6-9-19(11-12-20)14(2)23/h4-5,7-8H,3,6,9-13H2,1-2H3. The van der Waals surface area contributed by atoms with Gasteiger partial charge in [-0.15, -0.1) is 0 Å². The summed E-state index contributed by atoms with van der Waals surface area (Å²) in [5.41, 5.74) is 1.47. The molecule has 0 spiro atoms.